The number of rotatable bonds is 7. The van der Waals surface area contributed by atoms with E-state index in [0.717, 1.165) is 18.5 Å². The molecule has 0 atom stereocenters. The highest BCUT2D eigenvalue weighted by Crippen LogP contribution is 2.18. The predicted molar refractivity (Wildman–Crippen MR) is 95.9 cm³/mol. The molecule has 2 N–H and O–H groups in total. The number of nitrogens with one attached hydrogen (secondary N) is 2. The molecule has 2 aromatic rings. The van der Waals surface area contributed by atoms with Gasteiger partial charge in [0.05, 0.1) is 6.61 Å². The summed E-state index contributed by atoms with van der Waals surface area (Å²) in [5, 5.41) is 6.44. The Morgan fingerprint density at radius 3 is 2.54 bits per heavy atom. The SMILES string of the molecule is CCOc1ccc(CNC(=NC)NCCc2ccccc2)cc1F. The molecule has 0 radical (unpaired) electrons. The zero-order valence-electron chi connectivity index (χ0n) is 14.2. The topological polar surface area (TPSA) is 45.6 Å². The molecule has 0 amide bonds. The van der Waals surface area contributed by atoms with E-state index >= 15 is 0 Å². The number of halogens is 1. The summed E-state index contributed by atoms with van der Waals surface area (Å²) in [5.41, 5.74) is 2.11. The van der Waals surface area contributed by atoms with Crippen LogP contribution in [0.1, 0.15) is 18.1 Å². The van der Waals surface area contributed by atoms with Gasteiger partial charge in [0.2, 0.25) is 0 Å². The highest BCUT2D eigenvalue weighted by Gasteiger charge is 2.05. The monoisotopic (exact) mass is 329 g/mol. The summed E-state index contributed by atoms with van der Waals surface area (Å²) < 4.78 is 19.0. The number of aliphatic imine (C=N–C) groups is 1. The maximum atomic E-state index is 13.8. The van der Waals surface area contributed by atoms with Crippen molar-refractivity contribution in [2.75, 3.05) is 20.2 Å². The zero-order chi connectivity index (χ0) is 17.2. The summed E-state index contributed by atoms with van der Waals surface area (Å²) in [5.74, 6) is 0.634. The molecule has 0 aliphatic carbocycles. The van der Waals surface area contributed by atoms with Crippen molar-refractivity contribution in [3.63, 3.8) is 0 Å². The average molecular weight is 329 g/mol. The van der Waals surface area contributed by atoms with E-state index in [0.29, 0.717) is 19.1 Å². The van der Waals surface area contributed by atoms with E-state index in [1.165, 1.54) is 11.6 Å². The molecule has 0 saturated heterocycles. The van der Waals surface area contributed by atoms with Gasteiger partial charge in [-0.1, -0.05) is 36.4 Å². The second-order valence-electron chi connectivity index (χ2n) is 5.29. The zero-order valence-corrected chi connectivity index (χ0v) is 14.2. The van der Waals surface area contributed by atoms with Crippen LogP contribution in [0.5, 0.6) is 5.75 Å². The maximum absolute atomic E-state index is 13.8. The molecule has 0 aliphatic heterocycles. The van der Waals surface area contributed by atoms with Crippen LogP contribution in [-0.2, 0) is 13.0 Å². The van der Waals surface area contributed by atoms with Gasteiger partial charge in [-0.25, -0.2) is 4.39 Å². The van der Waals surface area contributed by atoms with Gasteiger partial charge in [0.25, 0.3) is 0 Å². The summed E-state index contributed by atoms with van der Waals surface area (Å²) in [4.78, 5) is 4.18. The van der Waals surface area contributed by atoms with Gasteiger partial charge in [-0.05, 0) is 36.6 Å². The average Bonchev–Trinajstić information content (AvgIpc) is 2.61. The van der Waals surface area contributed by atoms with Crippen molar-refractivity contribution < 1.29 is 9.13 Å². The lowest BCUT2D eigenvalue weighted by molar-refractivity contribution is 0.321. The van der Waals surface area contributed by atoms with Crippen molar-refractivity contribution in [3.8, 4) is 5.75 Å². The summed E-state index contributed by atoms with van der Waals surface area (Å²) in [7, 11) is 1.72. The largest absolute Gasteiger partial charge is 0.491 e. The summed E-state index contributed by atoms with van der Waals surface area (Å²) >= 11 is 0. The van der Waals surface area contributed by atoms with Crippen molar-refractivity contribution in [1.29, 1.82) is 0 Å². The van der Waals surface area contributed by atoms with Crippen LogP contribution in [0.25, 0.3) is 0 Å². The van der Waals surface area contributed by atoms with E-state index in [1.807, 2.05) is 31.2 Å². The van der Waals surface area contributed by atoms with Gasteiger partial charge in [-0.2, -0.15) is 0 Å². The number of hydrogen-bond acceptors (Lipinski definition) is 2. The van der Waals surface area contributed by atoms with Crippen LogP contribution in [0, 0.1) is 5.82 Å². The molecule has 0 aliphatic rings. The molecule has 0 aromatic heterocycles. The van der Waals surface area contributed by atoms with E-state index in [2.05, 4.69) is 27.8 Å². The minimum absolute atomic E-state index is 0.284. The number of hydrogen-bond donors (Lipinski definition) is 2. The van der Waals surface area contributed by atoms with Gasteiger partial charge in [-0.15, -0.1) is 0 Å². The standard InChI is InChI=1S/C19H24FN3O/c1-3-24-18-10-9-16(13-17(18)20)14-23-19(21-2)22-12-11-15-7-5-4-6-8-15/h4-10,13H,3,11-12,14H2,1-2H3,(H2,21,22,23). The number of benzene rings is 2. The second kappa shape index (κ2) is 9.55. The van der Waals surface area contributed by atoms with Gasteiger partial charge in [-0.3, -0.25) is 4.99 Å². The Morgan fingerprint density at radius 1 is 1.08 bits per heavy atom. The number of ether oxygens (including phenoxy) is 1. The minimum Gasteiger partial charge on any atom is -0.491 e. The van der Waals surface area contributed by atoms with Gasteiger partial charge in [0, 0.05) is 20.1 Å². The van der Waals surface area contributed by atoms with Crippen molar-refractivity contribution in [2.24, 2.45) is 4.99 Å². The van der Waals surface area contributed by atoms with E-state index in [-0.39, 0.29) is 11.6 Å². The lowest BCUT2D eigenvalue weighted by Gasteiger charge is -2.12. The molecule has 2 rings (SSSR count). The molecule has 5 heteroatoms. The lowest BCUT2D eigenvalue weighted by Crippen LogP contribution is -2.37. The highest BCUT2D eigenvalue weighted by atomic mass is 19.1. The van der Waals surface area contributed by atoms with Crippen LogP contribution in [-0.4, -0.2) is 26.2 Å². The van der Waals surface area contributed by atoms with Crippen molar-refractivity contribution in [1.82, 2.24) is 10.6 Å². The third-order valence-corrected chi connectivity index (χ3v) is 3.53. The third kappa shape index (κ3) is 5.57. The molecule has 128 valence electrons. The van der Waals surface area contributed by atoms with Gasteiger partial charge >= 0.3 is 0 Å². The first-order valence-electron chi connectivity index (χ1n) is 8.12. The smallest absolute Gasteiger partial charge is 0.191 e. The molecule has 0 unspecified atom stereocenters. The molecular weight excluding hydrogens is 305 g/mol. The van der Waals surface area contributed by atoms with E-state index in [9.17, 15) is 4.39 Å². The van der Waals surface area contributed by atoms with Gasteiger partial charge in [0.15, 0.2) is 17.5 Å². The molecule has 2 aromatic carbocycles. The Hall–Kier alpha value is -2.56. The molecule has 0 fully saturated rings. The Bertz CT molecular complexity index is 659. The van der Waals surface area contributed by atoms with Crippen LogP contribution in [0.15, 0.2) is 53.5 Å². The van der Waals surface area contributed by atoms with Gasteiger partial charge in [0.1, 0.15) is 0 Å². The fourth-order valence-corrected chi connectivity index (χ4v) is 2.30. The fraction of sp³-hybridized carbons (Fsp3) is 0.316. The quantitative estimate of drug-likeness (QED) is 0.606. The first-order valence-corrected chi connectivity index (χ1v) is 8.12. The Balaban J connectivity index is 1.80. The van der Waals surface area contributed by atoms with Crippen LogP contribution >= 0.6 is 0 Å². The molecule has 0 spiro atoms. The normalized spacial score (nSPS) is 11.2. The Kier molecular flexibility index (Phi) is 7.08. The van der Waals surface area contributed by atoms with Crippen molar-refractivity contribution >= 4 is 5.96 Å². The molecular formula is C19H24FN3O. The highest BCUT2D eigenvalue weighted by molar-refractivity contribution is 5.79. The first kappa shape index (κ1) is 17.8. The van der Waals surface area contributed by atoms with Crippen LogP contribution < -0.4 is 15.4 Å². The van der Waals surface area contributed by atoms with Crippen molar-refractivity contribution in [3.05, 3.63) is 65.5 Å². The van der Waals surface area contributed by atoms with E-state index in [1.54, 1.807) is 13.1 Å². The number of guanidine groups is 1. The first-order chi connectivity index (χ1) is 11.7. The van der Waals surface area contributed by atoms with Crippen LogP contribution in [0.3, 0.4) is 0 Å². The van der Waals surface area contributed by atoms with E-state index < -0.39 is 0 Å². The third-order valence-electron chi connectivity index (χ3n) is 3.53. The minimum atomic E-state index is -0.344. The molecule has 0 heterocycles. The molecule has 0 bridgehead atoms. The Morgan fingerprint density at radius 2 is 1.88 bits per heavy atom. The molecule has 4 nitrogen and oxygen atoms in total. The molecule has 24 heavy (non-hydrogen) atoms. The lowest BCUT2D eigenvalue weighted by atomic mass is 10.1. The van der Waals surface area contributed by atoms with Crippen LogP contribution in [0.4, 0.5) is 4.39 Å². The summed E-state index contributed by atoms with van der Waals surface area (Å²) in [6.07, 6.45) is 0.916. The predicted octanol–water partition coefficient (Wildman–Crippen LogP) is 3.13. The van der Waals surface area contributed by atoms with E-state index in [4.69, 9.17) is 4.74 Å². The second-order valence-corrected chi connectivity index (χ2v) is 5.29. The summed E-state index contributed by atoms with van der Waals surface area (Å²) in [6.45, 7) is 3.56. The summed E-state index contributed by atoms with van der Waals surface area (Å²) in [6, 6.07) is 15.2. The maximum Gasteiger partial charge on any atom is 0.191 e. The van der Waals surface area contributed by atoms with Gasteiger partial charge < -0.3 is 15.4 Å². The number of nitrogens with zero attached hydrogens (tertiary/aromatic N) is 1. The Labute approximate surface area is 142 Å². The van der Waals surface area contributed by atoms with Crippen molar-refractivity contribution in [2.45, 2.75) is 19.9 Å². The molecule has 0 saturated carbocycles. The van der Waals surface area contributed by atoms with Crippen LogP contribution in [0.2, 0.25) is 0 Å². The fourth-order valence-electron chi connectivity index (χ4n) is 2.30.